The standard InChI is InChI=1S/C20H23NOS2/c1-3-18(15-6-4-14(2)5-7-15)21-19(22)16-8-10-17(11-9-16)20-23-12-13-24-20/h4-11,18,20H,3,12-13H2,1-2H3,(H,21,22)/t18-/m0/s1. The minimum Gasteiger partial charge on any atom is -0.345 e. The van der Waals surface area contributed by atoms with Crippen LogP contribution in [0.15, 0.2) is 48.5 Å². The Morgan fingerprint density at radius 2 is 1.71 bits per heavy atom. The van der Waals surface area contributed by atoms with Crippen molar-refractivity contribution in [2.45, 2.75) is 30.9 Å². The molecule has 1 aliphatic heterocycles. The lowest BCUT2D eigenvalue weighted by atomic mass is 10.0. The van der Waals surface area contributed by atoms with Crippen LogP contribution in [0.25, 0.3) is 0 Å². The van der Waals surface area contributed by atoms with Crippen molar-refractivity contribution in [3.8, 4) is 0 Å². The van der Waals surface area contributed by atoms with Crippen LogP contribution >= 0.6 is 23.5 Å². The summed E-state index contributed by atoms with van der Waals surface area (Å²) in [6.45, 7) is 4.17. The average Bonchev–Trinajstić information content (AvgIpc) is 3.15. The third-order valence-electron chi connectivity index (χ3n) is 4.26. The summed E-state index contributed by atoms with van der Waals surface area (Å²) < 4.78 is 0.526. The minimum absolute atomic E-state index is 0.000651. The first-order valence-electron chi connectivity index (χ1n) is 8.38. The van der Waals surface area contributed by atoms with Crippen molar-refractivity contribution in [2.75, 3.05) is 11.5 Å². The van der Waals surface area contributed by atoms with Crippen LogP contribution in [0, 0.1) is 6.92 Å². The third-order valence-corrected chi connectivity index (χ3v) is 7.36. The molecule has 2 aromatic carbocycles. The number of thioether (sulfide) groups is 2. The first kappa shape index (κ1) is 17.4. The second kappa shape index (κ2) is 8.13. The minimum atomic E-state index is 0.000651. The first-order valence-corrected chi connectivity index (χ1v) is 10.5. The average molecular weight is 358 g/mol. The fourth-order valence-corrected chi connectivity index (χ4v) is 5.66. The second-order valence-electron chi connectivity index (χ2n) is 6.04. The Morgan fingerprint density at radius 3 is 2.29 bits per heavy atom. The van der Waals surface area contributed by atoms with Gasteiger partial charge >= 0.3 is 0 Å². The number of carbonyl (C=O) groups excluding carboxylic acids is 1. The lowest BCUT2D eigenvalue weighted by Crippen LogP contribution is -2.28. The van der Waals surface area contributed by atoms with E-state index in [-0.39, 0.29) is 11.9 Å². The molecule has 0 unspecified atom stereocenters. The molecule has 0 aliphatic carbocycles. The van der Waals surface area contributed by atoms with E-state index in [0.717, 1.165) is 17.5 Å². The molecule has 0 bridgehead atoms. The summed E-state index contributed by atoms with van der Waals surface area (Å²) in [5.74, 6) is 2.43. The normalized spacial score (nSPS) is 16.1. The number of hydrogen-bond acceptors (Lipinski definition) is 3. The molecule has 1 amide bonds. The monoisotopic (exact) mass is 357 g/mol. The van der Waals surface area contributed by atoms with Gasteiger partial charge in [0.1, 0.15) is 0 Å². The Balaban J connectivity index is 1.67. The molecule has 3 rings (SSSR count). The summed E-state index contributed by atoms with van der Waals surface area (Å²) in [6.07, 6.45) is 0.877. The summed E-state index contributed by atoms with van der Waals surface area (Å²) in [7, 11) is 0. The van der Waals surface area contributed by atoms with Crippen molar-refractivity contribution in [3.05, 3.63) is 70.8 Å². The van der Waals surface area contributed by atoms with Crippen LogP contribution in [-0.2, 0) is 0 Å². The van der Waals surface area contributed by atoms with E-state index in [0.29, 0.717) is 4.58 Å². The molecule has 1 heterocycles. The maximum atomic E-state index is 12.6. The number of rotatable bonds is 5. The number of carbonyl (C=O) groups is 1. The lowest BCUT2D eigenvalue weighted by molar-refractivity contribution is 0.0935. The van der Waals surface area contributed by atoms with E-state index in [4.69, 9.17) is 0 Å². The molecule has 0 saturated carbocycles. The highest BCUT2D eigenvalue weighted by molar-refractivity contribution is 8.19. The molecule has 0 aromatic heterocycles. The van der Waals surface area contributed by atoms with Crippen molar-refractivity contribution in [1.29, 1.82) is 0 Å². The van der Waals surface area contributed by atoms with Crippen LogP contribution < -0.4 is 5.32 Å². The van der Waals surface area contributed by atoms with Crippen LogP contribution in [0.1, 0.15) is 51.0 Å². The van der Waals surface area contributed by atoms with Gasteiger partial charge in [-0.3, -0.25) is 4.79 Å². The number of hydrogen-bond donors (Lipinski definition) is 1. The summed E-state index contributed by atoms with van der Waals surface area (Å²) in [6, 6.07) is 16.5. The van der Waals surface area contributed by atoms with E-state index >= 15 is 0 Å². The summed E-state index contributed by atoms with van der Waals surface area (Å²) in [4.78, 5) is 12.6. The van der Waals surface area contributed by atoms with Gasteiger partial charge in [-0.15, -0.1) is 23.5 Å². The van der Waals surface area contributed by atoms with Crippen LogP contribution in [0.5, 0.6) is 0 Å². The number of aryl methyl sites for hydroxylation is 1. The smallest absolute Gasteiger partial charge is 0.251 e. The van der Waals surface area contributed by atoms with Gasteiger partial charge in [0, 0.05) is 17.1 Å². The molecule has 1 aliphatic rings. The van der Waals surface area contributed by atoms with E-state index in [9.17, 15) is 4.79 Å². The van der Waals surface area contributed by atoms with Crippen LogP contribution in [0.4, 0.5) is 0 Å². The van der Waals surface area contributed by atoms with E-state index in [1.807, 2.05) is 35.7 Å². The zero-order chi connectivity index (χ0) is 16.9. The molecule has 1 atom stereocenters. The molecule has 126 valence electrons. The van der Waals surface area contributed by atoms with Crippen molar-refractivity contribution in [3.63, 3.8) is 0 Å². The zero-order valence-electron chi connectivity index (χ0n) is 14.1. The van der Waals surface area contributed by atoms with Gasteiger partial charge in [-0.1, -0.05) is 48.9 Å². The number of nitrogens with one attached hydrogen (secondary N) is 1. The van der Waals surface area contributed by atoms with Gasteiger partial charge < -0.3 is 5.32 Å². The Morgan fingerprint density at radius 1 is 1.08 bits per heavy atom. The molecule has 2 nitrogen and oxygen atoms in total. The Labute approximate surface area is 152 Å². The lowest BCUT2D eigenvalue weighted by Gasteiger charge is -2.18. The topological polar surface area (TPSA) is 29.1 Å². The number of amides is 1. The SMILES string of the molecule is CC[C@H](NC(=O)c1ccc(C2SCCS2)cc1)c1ccc(C)cc1. The van der Waals surface area contributed by atoms with Crippen molar-refractivity contribution >= 4 is 29.4 Å². The highest BCUT2D eigenvalue weighted by Crippen LogP contribution is 2.45. The van der Waals surface area contributed by atoms with E-state index in [1.165, 1.54) is 22.6 Å². The van der Waals surface area contributed by atoms with Gasteiger partial charge in [0.05, 0.1) is 10.6 Å². The highest BCUT2D eigenvalue weighted by atomic mass is 32.2. The molecular weight excluding hydrogens is 334 g/mol. The quantitative estimate of drug-likeness (QED) is 0.781. The van der Waals surface area contributed by atoms with E-state index in [1.54, 1.807) is 0 Å². The highest BCUT2D eigenvalue weighted by Gasteiger charge is 2.19. The van der Waals surface area contributed by atoms with E-state index in [2.05, 4.69) is 55.6 Å². The third kappa shape index (κ3) is 4.17. The molecule has 4 heteroatoms. The largest absolute Gasteiger partial charge is 0.345 e. The molecule has 1 N–H and O–H groups in total. The molecule has 0 radical (unpaired) electrons. The molecule has 24 heavy (non-hydrogen) atoms. The summed E-state index contributed by atoms with van der Waals surface area (Å²) >= 11 is 3.97. The second-order valence-corrected chi connectivity index (χ2v) is 8.76. The fraction of sp³-hybridized carbons (Fsp3) is 0.350. The van der Waals surface area contributed by atoms with Crippen molar-refractivity contribution in [2.24, 2.45) is 0 Å². The first-order chi connectivity index (χ1) is 11.7. The Kier molecular flexibility index (Phi) is 5.90. The van der Waals surface area contributed by atoms with Gasteiger partial charge in [-0.25, -0.2) is 0 Å². The Hall–Kier alpha value is -1.39. The van der Waals surface area contributed by atoms with Crippen LogP contribution in [0.2, 0.25) is 0 Å². The zero-order valence-corrected chi connectivity index (χ0v) is 15.8. The predicted octanol–water partition coefficient (Wildman–Crippen LogP) is 5.35. The van der Waals surface area contributed by atoms with Gasteiger partial charge in [0.15, 0.2) is 0 Å². The predicted molar refractivity (Wildman–Crippen MR) is 106 cm³/mol. The van der Waals surface area contributed by atoms with Crippen molar-refractivity contribution in [1.82, 2.24) is 5.32 Å². The van der Waals surface area contributed by atoms with E-state index < -0.39 is 0 Å². The molecule has 0 spiro atoms. The van der Waals surface area contributed by atoms with Gasteiger partial charge in [-0.05, 0) is 36.6 Å². The Bertz CT molecular complexity index is 676. The van der Waals surface area contributed by atoms with Crippen LogP contribution in [-0.4, -0.2) is 17.4 Å². The van der Waals surface area contributed by atoms with Crippen molar-refractivity contribution < 1.29 is 4.79 Å². The molecule has 1 saturated heterocycles. The molecule has 2 aromatic rings. The molecule has 1 fully saturated rings. The number of benzene rings is 2. The molecular formula is C20H23NOS2. The van der Waals surface area contributed by atoms with Gasteiger partial charge in [0.25, 0.3) is 5.91 Å². The maximum absolute atomic E-state index is 12.6. The van der Waals surface area contributed by atoms with Crippen LogP contribution in [0.3, 0.4) is 0 Å². The fourth-order valence-electron chi connectivity index (χ4n) is 2.80. The maximum Gasteiger partial charge on any atom is 0.251 e. The summed E-state index contributed by atoms with van der Waals surface area (Å²) in [5, 5.41) is 3.16. The van der Waals surface area contributed by atoms with Gasteiger partial charge in [-0.2, -0.15) is 0 Å². The summed E-state index contributed by atoms with van der Waals surface area (Å²) in [5.41, 5.74) is 4.44. The van der Waals surface area contributed by atoms with Gasteiger partial charge in [0.2, 0.25) is 0 Å².